The average Bonchev–Trinajstić information content (AvgIpc) is 2.76. The summed E-state index contributed by atoms with van der Waals surface area (Å²) in [5, 5.41) is 0. The Morgan fingerprint density at radius 2 is 1.43 bits per heavy atom. The van der Waals surface area contributed by atoms with Crippen LogP contribution in [0.25, 0.3) is 0 Å². The van der Waals surface area contributed by atoms with Gasteiger partial charge in [0.15, 0.2) is 0 Å². The summed E-state index contributed by atoms with van der Waals surface area (Å²) in [7, 11) is 0. The largest absolute Gasteiger partial charge is 0.489 e. The van der Waals surface area contributed by atoms with Crippen molar-refractivity contribution in [3.63, 3.8) is 0 Å². The monoisotopic (exact) mass is 374 g/mol. The molecule has 0 aliphatic heterocycles. The highest BCUT2D eigenvalue weighted by atomic mass is 16.5. The number of carbonyl (C=O) groups excluding carboxylic acids is 2. The van der Waals surface area contributed by atoms with E-state index in [1.165, 1.54) is 0 Å². The minimum absolute atomic E-state index is 0.250. The molecule has 5 heteroatoms. The molecule has 28 heavy (non-hydrogen) atoms. The van der Waals surface area contributed by atoms with Crippen LogP contribution >= 0.6 is 0 Å². The summed E-state index contributed by atoms with van der Waals surface area (Å²) in [5.74, 6) is -0.0404. The first kappa shape index (κ1) is 19.2. The van der Waals surface area contributed by atoms with Crippen molar-refractivity contribution in [1.82, 2.24) is 10.9 Å². The van der Waals surface area contributed by atoms with Crippen LogP contribution in [0.5, 0.6) is 5.75 Å². The number of aryl methyl sites for hydroxylation is 1. The fourth-order valence-corrected chi connectivity index (χ4v) is 2.69. The summed E-state index contributed by atoms with van der Waals surface area (Å²) in [6, 6.07) is 23.8. The van der Waals surface area contributed by atoms with Crippen molar-refractivity contribution in [2.45, 2.75) is 20.0 Å². The Morgan fingerprint density at radius 3 is 2.14 bits per heavy atom. The SMILES string of the molecule is CCc1ccc(C(=O)NNC(=O)c2ccccc2COc2ccccc2)cc1. The van der Waals surface area contributed by atoms with Crippen molar-refractivity contribution < 1.29 is 14.3 Å². The molecule has 2 amide bonds. The highest BCUT2D eigenvalue weighted by molar-refractivity contribution is 5.99. The molecular formula is C23H22N2O3. The van der Waals surface area contributed by atoms with Crippen LogP contribution < -0.4 is 15.6 Å². The van der Waals surface area contributed by atoms with Gasteiger partial charge in [-0.1, -0.05) is 55.5 Å². The molecule has 0 atom stereocenters. The van der Waals surface area contributed by atoms with E-state index < -0.39 is 5.91 Å². The lowest BCUT2D eigenvalue weighted by Crippen LogP contribution is -2.42. The predicted molar refractivity (Wildman–Crippen MR) is 108 cm³/mol. The maximum absolute atomic E-state index is 12.5. The molecular weight excluding hydrogens is 352 g/mol. The van der Waals surface area contributed by atoms with Crippen LogP contribution in [0.4, 0.5) is 0 Å². The molecule has 0 aliphatic rings. The van der Waals surface area contributed by atoms with Crippen molar-refractivity contribution in [2.75, 3.05) is 0 Å². The summed E-state index contributed by atoms with van der Waals surface area (Å²) in [6.07, 6.45) is 0.903. The zero-order valence-corrected chi connectivity index (χ0v) is 15.6. The Bertz CT molecular complexity index is 938. The third kappa shape index (κ3) is 4.98. The van der Waals surface area contributed by atoms with E-state index in [1.807, 2.05) is 61.5 Å². The van der Waals surface area contributed by atoms with Gasteiger partial charge in [0.25, 0.3) is 11.8 Å². The van der Waals surface area contributed by atoms with Gasteiger partial charge in [0, 0.05) is 16.7 Å². The number of rotatable bonds is 6. The van der Waals surface area contributed by atoms with Gasteiger partial charge in [0.05, 0.1) is 0 Å². The van der Waals surface area contributed by atoms with Crippen molar-refractivity contribution in [3.8, 4) is 5.75 Å². The Labute approximate surface area is 164 Å². The van der Waals surface area contributed by atoms with Crippen LogP contribution in [-0.2, 0) is 13.0 Å². The molecule has 2 N–H and O–H groups in total. The number of benzene rings is 3. The van der Waals surface area contributed by atoms with Gasteiger partial charge in [-0.3, -0.25) is 20.4 Å². The van der Waals surface area contributed by atoms with Gasteiger partial charge in [-0.25, -0.2) is 0 Å². The van der Waals surface area contributed by atoms with Crippen molar-refractivity contribution in [3.05, 3.63) is 101 Å². The van der Waals surface area contributed by atoms with E-state index in [9.17, 15) is 9.59 Å². The number of ether oxygens (including phenoxy) is 1. The van der Waals surface area contributed by atoms with Crippen molar-refractivity contribution in [1.29, 1.82) is 0 Å². The molecule has 0 radical (unpaired) electrons. The first-order valence-electron chi connectivity index (χ1n) is 9.12. The molecule has 0 bridgehead atoms. The molecule has 142 valence electrons. The Kier molecular flexibility index (Phi) is 6.41. The van der Waals surface area contributed by atoms with E-state index in [2.05, 4.69) is 10.9 Å². The first-order valence-corrected chi connectivity index (χ1v) is 9.12. The molecule has 0 heterocycles. The molecule has 0 unspecified atom stereocenters. The summed E-state index contributed by atoms with van der Waals surface area (Å²) >= 11 is 0. The van der Waals surface area contributed by atoms with Crippen molar-refractivity contribution in [2.24, 2.45) is 0 Å². The van der Waals surface area contributed by atoms with E-state index in [1.54, 1.807) is 24.3 Å². The molecule has 3 aromatic rings. The summed E-state index contributed by atoms with van der Waals surface area (Å²) in [5.41, 5.74) is 7.73. The summed E-state index contributed by atoms with van der Waals surface area (Å²) in [6.45, 7) is 2.30. The minimum atomic E-state index is -0.397. The van der Waals surface area contributed by atoms with Gasteiger partial charge >= 0.3 is 0 Å². The van der Waals surface area contributed by atoms with Crippen LogP contribution in [0, 0.1) is 0 Å². The highest BCUT2D eigenvalue weighted by Gasteiger charge is 2.13. The Hall–Kier alpha value is -3.60. The maximum atomic E-state index is 12.5. The number of hydrazine groups is 1. The number of carbonyl (C=O) groups is 2. The van der Waals surface area contributed by atoms with Gasteiger partial charge in [-0.15, -0.1) is 0 Å². The minimum Gasteiger partial charge on any atom is -0.489 e. The van der Waals surface area contributed by atoms with Crippen LogP contribution in [-0.4, -0.2) is 11.8 Å². The molecule has 3 aromatic carbocycles. The maximum Gasteiger partial charge on any atom is 0.270 e. The Balaban J connectivity index is 1.61. The van der Waals surface area contributed by atoms with E-state index in [4.69, 9.17) is 4.74 Å². The molecule has 3 rings (SSSR count). The summed E-state index contributed by atoms with van der Waals surface area (Å²) < 4.78 is 5.73. The quantitative estimate of drug-likeness (QED) is 0.643. The van der Waals surface area contributed by atoms with Gasteiger partial charge in [-0.05, 0) is 42.3 Å². The number of para-hydroxylation sites is 1. The van der Waals surface area contributed by atoms with E-state index >= 15 is 0 Å². The smallest absolute Gasteiger partial charge is 0.270 e. The van der Waals surface area contributed by atoms with Gasteiger partial charge in [-0.2, -0.15) is 0 Å². The van der Waals surface area contributed by atoms with Crippen LogP contribution in [0.2, 0.25) is 0 Å². The van der Waals surface area contributed by atoms with E-state index in [0.29, 0.717) is 11.1 Å². The van der Waals surface area contributed by atoms with Crippen LogP contribution in [0.3, 0.4) is 0 Å². The number of hydrogen-bond acceptors (Lipinski definition) is 3. The normalized spacial score (nSPS) is 10.2. The van der Waals surface area contributed by atoms with Gasteiger partial charge in [0.1, 0.15) is 12.4 Å². The third-order valence-corrected chi connectivity index (χ3v) is 4.31. The lowest BCUT2D eigenvalue weighted by atomic mass is 10.1. The number of hydrogen-bond donors (Lipinski definition) is 2. The lowest BCUT2D eigenvalue weighted by Gasteiger charge is -2.12. The molecule has 0 saturated heterocycles. The average molecular weight is 374 g/mol. The molecule has 0 saturated carbocycles. The van der Waals surface area contributed by atoms with E-state index in [-0.39, 0.29) is 12.5 Å². The molecule has 0 fully saturated rings. The van der Waals surface area contributed by atoms with Crippen molar-refractivity contribution >= 4 is 11.8 Å². The molecule has 0 aliphatic carbocycles. The zero-order chi connectivity index (χ0) is 19.8. The van der Waals surface area contributed by atoms with Crippen LogP contribution in [0.1, 0.15) is 38.8 Å². The summed E-state index contributed by atoms with van der Waals surface area (Å²) in [4.78, 5) is 24.8. The molecule has 0 spiro atoms. The third-order valence-electron chi connectivity index (χ3n) is 4.31. The van der Waals surface area contributed by atoms with Crippen LogP contribution in [0.15, 0.2) is 78.9 Å². The fraction of sp³-hybridized carbons (Fsp3) is 0.130. The standard InChI is InChI=1S/C23H22N2O3/c1-2-17-12-14-18(15-13-17)22(26)24-25-23(27)21-11-7-6-8-19(21)16-28-20-9-4-3-5-10-20/h3-15H,2,16H2,1H3,(H,24,26)(H,25,27). The highest BCUT2D eigenvalue weighted by Crippen LogP contribution is 2.14. The predicted octanol–water partition coefficient (Wildman–Crippen LogP) is 3.90. The number of nitrogens with one attached hydrogen (secondary N) is 2. The second kappa shape index (κ2) is 9.37. The molecule has 5 nitrogen and oxygen atoms in total. The van der Waals surface area contributed by atoms with E-state index in [0.717, 1.165) is 23.3 Å². The second-order valence-corrected chi connectivity index (χ2v) is 6.22. The molecule has 0 aromatic heterocycles. The fourth-order valence-electron chi connectivity index (χ4n) is 2.69. The first-order chi connectivity index (χ1) is 13.7. The topological polar surface area (TPSA) is 67.4 Å². The zero-order valence-electron chi connectivity index (χ0n) is 15.6. The Morgan fingerprint density at radius 1 is 0.786 bits per heavy atom. The van der Waals surface area contributed by atoms with Gasteiger partial charge in [0.2, 0.25) is 0 Å². The number of amides is 2. The lowest BCUT2D eigenvalue weighted by molar-refractivity contribution is 0.0845. The van der Waals surface area contributed by atoms with Gasteiger partial charge < -0.3 is 4.74 Å². The second-order valence-electron chi connectivity index (χ2n) is 6.22.